The van der Waals surface area contributed by atoms with Crippen molar-refractivity contribution >= 4 is 32.7 Å². The summed E-state index contributed by atoms with van der Waals surface area (Å²) in [7, 11) is 1.91. The van der Waals surface area contributed by atoms with Gasteiger partial charge in [0.2, 0.25) is 5.91 Å². The summed E-state index contributed by atoms with van der Waals surface area (Å²) in [5, 5.41) is 8.22. The van der Waals surface area contributed by atoms with Gasteiger partial charge in [0.05, 0.1) is 10.4 Å². The predicted molar refractivity (Wildman–Crippen MR) is 80.2 cm³/mol. The molecule has 0 aliphatic carbocycles. The summed E-state index contributed by atoms with van der Waals surface area (Å²) in [6.45, 7) is 5.51. The number of carbonyl (C=O) groups is 1. The quantitative estimate of drug-likeness (QED) is 0.930. The Morgan fingerprint density at radius 2 is 2.35 bits per heavy atom. The topological polar surface area (TPSA) is 63.1 Å². The summed E-state index contributed by atoms with van der Waals surface area (Å²) >= 11 is 1.63. The monoisotopic (exact) mass is 293 g/mol. The van der Waals surface area contributed by atoms with Crippen LogP contribution in [0.25, 0.3) is 10.3 Å². The number of anilines is 1. The van der Waals surface area contributed by atoms with Gasteiger partial charge in [0.25, 0.3) is 0 Å². The Kier molecular flexibility index (Phi) is 3.37. The first-order valence-corrected chi connectivity index (χ1v) is 7.78. The van der Waals surface area contributed by atoms with Crippen LogP contribution in [0.2, 0.25) is 0 Å². The fraction of sp³-hybridized carbons (Fsp3) is 0.615. The largest absolute Gasteiger partial charge is 0.355 e. The molecule has 1 N–H and O–H groups in total. The molecular formula is C13H19N5OS. The normalized spacial score (nSPS) is 18.9. The Morgan fingerprint density at radius 1 is 1.55 bits per heavy atom. The van der Waals surface area contributed by atoms with Crippen LogP contribution in [0.1, 0.15) is 25.5 Å². The summed E-state index contributed by atoms with van der Waals surface area (Å²) in [5.41, 5.74) is 1.91. The molecule has 1 fully saturated rings. The van der Waals surface area contributed by atoms with Crippen molar-refractivity contribution in [1.29, 1.82) is 0 Å². The molecule has 0 unspecified atom stereocenters. The maximum Gasteiger partial charge on any atom is 0.242 e. The van der Waals surface area contributed by atoms with E-state index in [1.807, 2.05) is 25.6 Å². The summed E-state index contributed by atoms with van der Waals surface area (Å²) < 4.78 is 2.92. The Hall–Kier alpha value is -1.63. The minimum atomic E-state index is -0.0798. The molecule has 0 bridgehead atoms. The highest BCUT2D eigenvalue weighted by Crippen LogP contribution is 2.34. The molecule has 0 aromatic carbocycles. The lowest BCUT2D eigenvalue weighted by molar-refractivity contribution is -0.122. The lowest BCUT2D eigenvalue weighted by Crippen LogP contribution is -2.43. The summed E-state index contributed by atoms with van der Waals surface area (Å²) in [6, 6.07) is -0.0798. The Balaban J connectivity index is 1.93. The van der Waals surface area contributed by atoms with Crippen LogP contribution in [0, 0.1) is 6.92 Å². The maximum absolute atomic E-state index is 12.1. The van der Waals surface area contributed by atoms with Gasteiger partial charge in [-0.1, -0.05) is 11.3 Å². The summed E-state index contributed by atoms with van der Waals surface area (Å²) in [5.74, 6) is 0.110. The number of thiazole rings is 1. The van der Waals surface area contributed by atoms with Crippen molar-refractivity contribution in [3.05, 3.63) is 5.69 Å². The third-order valence-corrected chi connectivity index (χ3v) is 4.88. The molecular weight excluding hydrogens is 274 g/mol. The standard InChI is InChI=1S/C13H19N5OS/c1-4-14-12(19)9-6-5-7-18(9)13-15-11-10(20-13)8(2)16-17(11)3/h9H,4-7H2,1-3H3,(H,14,19)/t9-/m0/s1. The van der Waals surface area contributed by atoms with E-state index in [0.717, 1.165) is 40.6 Å². The van der Waals surface area contributed by atoms with Gasteiger partial charge >= 0.3 is 0 Å². The van der Waals surface area contributed by atoms with E-state index in [9.17, 15) is 4.79 Å². The number of hydrogen-bond donors (Lipinski definition) is 1. The molecule has 0 spiro atoms. The van der Waals surface area contributed by atoms with E-state index in [0.29, 0.717) is 6.54 Å². The van der Waals surface area contributed by atoms with E-state index in [1.54, 1.807) is 11.3 Å². The molecule has 20 heavy (non-hydrogen) atoms. The van der Waals surface area contributed by atoms with E-state index in [4.69, 9.17) is 0 Å². The molecule has 2 aromatic heterocycles. The van der Waals surface area contributed by atoms with Crippen molar-refractivity contribution in [3.8, 4) is 0 Å². The fourth-order valence-corrected chi connectivity index (χ4v) is 3.87. The molecule has 0 saturated carbocycles. The number of fused-ring (bicyclic) bond motifs is 1. The molecule has 0 radical (unpaired) electrons. The molecule has 3 heterocycles. The molecule has 7 heteroatoms. The van der Waals surface area contributed by atoms with Crippen LogP contribution >= 0.6 is 11.3 Å². The van der Waals surface area contributed by atoms with Gasteiger partial charge in [-0.05, 0) is 26.7 Å². The highest BCUT2D eigenvalue weighted by Gasteiger charge is 2.32. The van der Waals surface area contributed by atoms with Crippen molar-refractivity contribution in [3.63, 3.8) is 0 Å². The minimum Gasteiger partial charge on any atom is -0.355 e. The molecule has 1 atom stereocenters. The predicted octanol–water partition coefficient (Wildman–Crippen LogP) is 1.44. The van der Waals surface area contributed by atoms with Crippen LogP contribution in [0.5, 0.6) is 0 Å². The second kappa shape index (κ2) is 5.05. The van der Waals surface area contributed by atoms with Gasteiger partial charge < -0.3 is 10.2 Å². The van der Waals surface area contributed by atoms with Gasteiger partial charge in [0.1, 0.15) is 6.04 Å². The smallest absolute Gasteiger partial charge is 0.242 e. The van der Waals surface area contributed by atoms with Crippen LogP contribution in [0.3, 0.4) is 0 Å². The Bertz CT molecular complexity index is 612. The van der Waals surface area contributed by atoms with Crippen molar-refractivity contribution in [2.45, 2.75) is 32.7 Å². The first-order valence-electron chi connectivity index (χ1n) is 6.96. The number of hydrogen-bond acceptors (Lipinski definition) is 5. The van der Waals surface area contributed by atoms with E-state index in [1.165, 1.54) is 0 Å². The molecule has 1 aliphatic rings. The zero-order valence-electron chi connectivity index (χ0n) is 12.0. The lowest BCUT2D eigenvalue weighted by atomic mass is 10.2. The fourth-order valence-electron chi connectivity index (χ4n) is 2.76. The Labute approximate surface area is 121 Å². The van der Waals surface area contributed by atoms with Crippen molar-refractivity contribution in [1.82, 2.24) is 20.1 Å². The Morgan fingerprint density at radius 3 is 3.05 bits per heavy atom. The number of carbonyl (C=O) groups excluding carboxylic acids is 1. The van der Waals surface area contributed by atoms with Crippen molar-refractivity contribution < 1.29 is 4.79 Å². The molecule has 6 nitrogen and oxygen atoms in total. The molecule has 1 aliphatic heterocycles. The molecule has 1 amide bonds. The van der Waals surface area contributed by atoms with Crippen LogP contribution in [0.4, 0.5) is 5.13 Å². The summed E-state index contributed by atoms with van der Waals surface area (Å²) in [6.07, 6.45) is 1.94. The molecule has 2 aromatic rings. The van der Waals surface area contributed by atoms with Crippen LogP contribution in [-0.4, -0.2) is 39.8 Å². The summed E-state index contributed by atoms with van der Waals surface area (Å²) in [4.78, 5) is 18.9. The van der Waals surface area contributed by atoms with Crippen molar-refractivity contribution in [2.24, 2.45) is 7.05 Å². The average molecular weight is 293 g/mol. The van der Waals surface area contributed by atoms with Crippen LogP contribution in [0.15, 0.2) is 0 Å². The van der Waals surface area contributed by atoms with E-state index >= 15 is 0 Å². The van der Waals surface area contributed by atoms with Gasteiger partial charge in [-0.25, -0.2) is 9.67 Å². The number of aromatic nitrogens is 3. The molecule has 108 valence electrons. The minimum absolute atomic E-state index is 0.0798. The van der Waals surface area contributed by atoms with Gasteiger partial charge in [0.15, 0.2) is 10.8 Å². The number of nitrogens with one attached hydrogen (secondary N) is 1. The number of aryl methyl sites for hydroxylation is 2. The molecule has 1 saturated heterocycles. The SMILES string of the molecule is CCNC(=O)[C@@H]1CCCN1c1nc2c(s1)c(C)nn2C. The third-order valence-electron chi connectivity index (χ3n) is 3.69. The van der Waals surface area contributed by atoms with Gasteiger partial charge in [0, 0.05) is 20.1 Å². The number of nitrogens with zero attached hydrogens (tertiary/aromatic N) is 4. The second-order valence-corrected chi connectivity index (χ2v) is 6.08. The van der Waals surface area contributed by atoms with E-state index in [-0.39, 0.29) is 11.9 Å². The van der Waals surface area contributed by atoms with Gasteiger partial charge in [-0.3, -0.25) is 4.79 Å². The molecule has 3 rings (SSSR count). The van der Waals surface area contributed by atoms with Crippen LogP contribution in [-0.2, 0) is 11.8 Å². The zero-order chi connectivity index (χ0) is 14.3. The van der Waals surface area contributed by atoms with E-state index < -0.39 is 0 Å². The first kappa shape index (κ1) is 13.4. The highest BCUT2D eigenvalue weighted by molar-refractivity contribution is 7.22. The zero-order valence-corrected chi connectivity index (χ0v) is 12.8. The second-order valence-electron chi connectivity index (χ2n) is 5.10. The van der Waals surface area contributed by atoms with Crippen LogP contribution < -0.4 is 10.2 Å². The lowest BCUT2D eigenvalue weighted by Gasteiger charge is -2.22. The number of rotatable bonds is 3. The third kappa shape index (κ3) is 2.06. The average Bonchev–Trinajstić information content (AvgIpc) is 3.09. The number of likely N-dealkylation sites (N-methyl/N-ethyl adjacent to an activating group) is 1. The first-order chi connectivity index (χ1) is 9.61. The highest BCUT2D eigenvalue weighted by atomic mass is 32.1. The van der Waals surface area contributed by atoms with E-state index in [2.05, 4.69) is 20.3 Å². The van der Waals surface area contributed by atoms with Gasteiger partial charge in [-0.15, -0.1) is 0 Å². The van der Waals surface area contributed by atoms with Crippen molar-refractivity contribution in [2.75, 3.05) is 18.0 Å². The maximum atomic E-state index is 12.1. The van der Waals surface area contributed by atoms with Gasteiger partial charge in [-0.2, -0.15) is 5.10 Å². The number of amides is 1.